The molecule has 1 N–H and O–H groups in total. The summed E-state index contributed by atoms with van der Waals surface area (Å²) in [5.74, 6) is 0.178. The molecule has 1 aliphatic rings. The normalized spacial score (nSPS) is 18.6. The number of hydrogen-bond donors (Lipinski definition) is 1. The second-order valence-corrected chi connectivity index (χ2v) is 5.44. The van der Waals surface area contributed by atoms with Crippen LogP contribution in [0.15, 0.2) is 18.2 Å². The molecule has 2 rings (SSSR count). The van der Waals surface area contributed by atoms with Gasteiger partial charge in [-0.1, -0.05) is 12.1 Å². The fraction of sp³-hybridized carbons (Fsp3) is 0.500. The zero-order valence-corrected chi connectivity index (χ0v) is 10.5. The van der Waals surface area contributed by atoms with Crippen molar-refractivity contribution in [3.8, 4) is 5.75 Å². The van der Waals surface area contributed by atoms with Crippen molar-refractivity contribution >= 4 is 5.97 Å². The summed E-state index contributed by atoms with van der Waals surface area (Å²) in [5.41, 5.74) is 1.53. The maximum absolute atomic E-state index is 11.1. The van der Waals surface area contributed by atoms with Gasteiger partial charge < -0.3 is 9.84 Å². The van der Waals surface area contributed by atoms with Crippen LogP contribution in [-0.4, -0.2) is 17.2 Å². The molecule has 1 atom stereocenters. The molecule has 1 heterocycles. The van der Waals surface area contributed by atoms with Crippen molar-refractivity contribution < 1.29 is 14.6 Å². The molecule has 0 bridgehead atoms. The Hall–Kier alpha value is -1.51. The SMILES string of the molecule is CC1Cc2cc(CC(C)(C)C(=O)O)ccc2O1. The number of carboxylic acid groups (broad SMARTS) is 1. The van der Waals surface area contributed by atoms with Crippen LogP contribution in [-0.2, 0) is 17.6 Å². The van der Waals surface area contributed by atoms with E-state index in [1.165, 1.54) is 5.56 Å². The molecular weight excluding hydrogens is 216 g/mol. The molecule has 17 heavy (non-hydrogen) atoms. The minimum atomic E-state index is -0.761. The molecule has 92 valence electrons. The summed E-state index contributed by atoms with van der Waals surface area (Å²) >= 11 is 0. The molecule has 0 saturated heterocycles. The van der Waals surface area contributed by atoms with Crippen LogP contribution in [0, 0.1) is 5.41 Å². The van der Waals surface area contributed by atoms with Gasteiger partial charge in [0.1, 0.15) is 11.9 Å². The first-order valence-corrected chi connectivity index (χ1v) is 5.90. The Kier molecular flexibility index (Phi) is 2.86. The van der Waals surface area contributed by atoms with Crippen molar-refractivity contribution in [1.29, 1.82) is 0 Å². The molecular formula is C14H18O3. The van der Waals surface area contributed by atoms with Crippen molar-refractivity contribution in [2.24, 2.45) is 5.41 Å². The van der Waals surface area contributed by atoms with Crippen LogP contribution >= 0.6 is 0 Å². The molecule has 3 nitrogen and oxygen atoms in total. The zero-order chi connectivity index (χ0) is 12.6. The molecule has 0 spiro atoms. The average molecular weight is 234 g/mol. The summed E-state index contributed by atoms with van der Waals surface area (Å²) in [6.45, 7) is 5.55. The Bertz CT molecular complexity index is 449. The number of carboxylic acids is 1. The van der Waals surface area contributed by atoms with Gasteiger partial charge in [0.05, 0.1) is 5.41 Å². The van der Waals surface area contributed by atoms with Crippen molar-refractivity contribution in [3.63, 3.8) is 0 Å². The highest BCUT2D eigenvalue weighted by molar-refractivity contribution is 5.74. The molecule has 1 aliphatic heterocycles. The number of carbonyl (C=O) groups is 1. The summed E-state index contributed by atoms with van der Waals surface area (Å²) in [7, 11) is 0. The first kappa shape index (κ1) is 12.0. The van der Waals surface area contributed by atoms with Crippen molar-refractivity contribution in [1.82, 2.24) is 0 Å². The van der Waals surface area contributed by atoms with E-state index in [0.717, 1.165) is 17.7 Å². The van der Waals surface area contributed by atoms with Crippen LogP contribution in [0.2, 0.25) is 0 Å². The topological polar surface area (TPSA) is 46.5 Å². The number of aliphatic carboxylic acids is 1. The number of fused-ring (bicyclic) bond motifs is 1. The lowest BCUT2D eigenvalue weighted by Gasteiger charge is -2.19. The van der Waals surface area contributed by atoms with Gasteiger partial charge in [-0.15, -0.1) is 0 Å². The van der Waals surface area contributed by atoms with E-state index >= 15 is 0 Å². The second kappa shape index (κ2) is 4.06. The van der Waals surface area contributed by atoms with Crippen molar-refractivity contribution in [2.45, 2.75) is 39.7 Å². The first-order chi connectivity index (χ1) is 7.88. The lowest BCUT2D eigenvalue weighted by molar-refractivity contribution is -0.146. The summed E-state index contributed by atoms with van der Waals surface area (Å²) in [4.78, 5) is 11.1. The summed E-state index contributed by atoms with van der Waals surface area (Å²) in [5, 5.41) is 9.11. The minimum Gasteiger partial charge on any atom is -0.490 e. The van der Waals surface area contributed by atoms with Crippen molar-refractivity contribution in [2.75, 3.05) is 0 Å². The van der Waals surface area contributed by atoms with Crippen LogP contribution in [0.1, 0.15) is 31.9 Å². The fourth-order valence-corrected chi connectivity index (χ4v) is 2.17. The molecule has 0 fully saturated rings. The molecule has 3 heteroatoms. The smallest absolute Gasteiger partial charge is 0.309 e. The quantitative estimate of drug-likeness (QED) is 0.874. The van der Waals surface area contributed by atoms with Crippen LogP contribution in [0.5, 0.6) is 5.75 Å². The molecule has 0 amide bonds. The van der Waals surface area contributed by atoms with Gasteiger partial charge in [-0.2, -0.15) is 0 Å². The van der Waals surface area contributed by atoms with Gasteiger partial charge in [-0.05, 0) is 44.4 Å². The Morgan fingerprint density at radius 2 is 2.24 bits per heavy atom. The Balaban J connectivity index is 2.20. The predicted molar refractivity (Wildman–Crippen MR) is 65.4 cm³/mol. The first-order valence-electron chi connectivity index (χ1n) is 5.90. The summed E-state index contributed by atoms with van der Waals surface area (Å²) in [6.07, 6.45) is 1.69. The van der Waals surface area contributed by atoms with E-state index in [1.54, 1.807) is 13.8 Å². The van der Waals surface area contributed by atoms with E-state index in [9.17, 15) is 4.79 Å². The van der Waals surface area contributed by atoms with E-state index < -0.39 is 11.4 Å². The highest BCUT2D eigenvalue weighted by Crippen LogP contribution is 2.31. The van der Waals surface area contributed by atoms with E-state index in [0.29, 0.717) is 6.42 Å². The Labute approximate surface area is 101 Å². The number of hydrogen-bond acceptors (Lipinski definition) is 2. The lowest BCUT2D eigenvalue weighted by atomic mass is 9.85. The third kappa shape index (κ3) is 2.43. The largest absolute Gasteiger partial charge is 0.490 e. The van der Waals surface area contributed by atoms with Gasteiger partial charge in [-0.3, -0.25) is 4.79 Å². The highest BCUT2D eigenvalue weighted by atomic mass is 16.5. The third-order valence-corrected chi connectivity index (χ3v) is 3.19. The van der Waals surface area contributed by atoms with Gasteiger partial charge in [0, 0.05) is 6.42 Å². The van der Waals surface area contributed by atoms with Crippen LogP contribution in [0.25, 0.3) is 0 Å². The third-order valence-electron chi connectivity index (χ3n) is 3.19. The molecule has 1 unspecified atom stereocenters. The number of benzene rings is 1. The zero-order valence-electron chi connectivity index (χ0n) is 10.5. The highest BCUT2D eigenvalue weighted by Gasteiger charge is 2.28. The summed E-state index contributed by atoms with van der Waals surface area (Å²) in [6, 6.07) is 5.98. The van der Waals surface area contributed by atoms with Gasteiger partial charge in [-0.25, -0.2) is 0 Å². The standard InChI is InChI=1S/C14H18O3/c1-9-6-11-7-10(4-5-12(11)17-9)8-14(2,3)13(15)16/h4-5,7,9H,6,8H2,1-3H3,(H,15,16). The minimum absolute atomic E-state index is 0.229. The number of ether oxygens (including phenoxy) is 1. The van der Waals surface area contributed by atoms with Crippen LogP contribution in [0.3, 0.4) is 0 Å². The van der Waals surface area contributed by atoms with Crippen LogP contribution in [0.4, 0.5) is 0 Å². The molecule has 0 aliphatic carbocycles. The second-order valence-electron chi connectivity index (χ2n) is 5.44. The maximum Gasteiger partial charge on any atom is 0.309 e. The Morgan fingerprint density at radius 1 is 1.53 bits per heavy atom. The summed E-state index contributed by atoms with van der Waals surface area (Å²) < 4.78 is 5.62. The van der Waals surface area contributed by atoms with E-state index in [1.807, 2.05) is 19.1 Å². The van der Waals surface area contributed by atoms with Gasteiger partial charge in [0.2, 0.25) is 0 Å². The molecule has 1 aromatic rings. The lowest BCUT2D eigenvalue weighted by Crippen LogP contribution is -2.26. The molecule has 0 radical (unpaired) electrons. The number of rotatable bonds is 3. The van der Waals surface area contributed by atoms with E-state index in [4.69, 9.17) is 9.84 Å². The van der Waals surface area contributed by atoms with E-state index in [2.05, 4.69) is 6.07 Å². The predicted octanol–water partition coefficient (Wildman–Crippen LogP) is 2.66. The van der Waals surface area contributed by atoms with E-state index in [-0.39, 0.29) is 6.10 Å². The van der Waals surface area contributed by atoms with Gasteiger partial charge in [0.25, 0.3) is 0 Å². The maximum atomic E-state index is 11.1. The molecule has 1 aromatic carbocycles. The molecule has 0 aromatic heterocycles. The molecule has 0 saturated carbocycles. The monoisotopic (exact) mass is 234 g/mol. The van der Waals surface area contributed by atoms with Crippen LogP contribution < -0.4 is 4.74 Å². The van der Waals surface area contributed by atoms with Gasteiger partial charge in [0.15, 0.2) is 0 Å². The van der Waals surface area contributed by atoms with Crippen molar-refractivity contribution in [3.05, 3.63) is 29.3 Å². The average Bonchev–Trinajstić information content (AvgIpc) is 2.56. The Morgan fingerprint density at radius 3 is 2.88 bits per heavy atom. The van der Waals surface area contributed by atoms with Gasteiger partial charge >= 0.3 is 5.97 Å². The fourth-order valence-electron chi connectivity index (χ4n) is 2.17.